The SMILES string of the molecule is O=C(CCN1C(=S)NC(c2ccccn2)C1c1ccn(C2CCCCC2)c1)Nc1ccccc1. The highest BCUT2D eigenvalue weighted by molar-refractivity contribution is 7.80. The third-order valence-electron chi connectivity index (χ3n) is 6.91. The fraction of sp³-hybridized carbons (Fsp3) is 0.370. The normalized spacial score (nSPS) is 20.8. The number of amides is 1. The van der Waals surface area contributed by atoms with Crippen LogP contribution in [0.5, 0.6) is 0 Å². The van der Waals surface area contributed by atoms with E-state index in [0.29, 0.717) is 24.1 Å². The predicted octanol–water partition coefficient (Wildman–Crippen LogP) is 5.39. The van der Waals surface area contributed by atoms with Crippen molar-refractivity contribution in [3.8, 4) is 0 Å². The lowest BCUT2D eigenvalue weighted by Crippen LogP contribution is -2.32. The minimum absolute atomic E-state index is 0.0169. The highest BCUT2D eigenvalue weighted by Gasteiger charge is 2.40. The third-order valence-corrected chi connectivity index (χ3v) is 7.26. The average molecular weight is 474 g/mol. The molecule has 1 aliphatic heterocycles. The first-order valence-corrected chi connectivity index (χ1v) is 12.6. The Kier molecular flexibility index (Phi) is 6.90. The van der Waals surface area contributed by atoms with Gasteiger partial charge in [0.1, 0.15) is 0 Å². The second-order valence-corrected chi connectivity index (χ2v) is 9.55. The molecular weight excluding hydrogens is 442 g/mol. The number of hydrogen-bond acceptors (Lipinski definition) is 3. The van der Waals surface area contributed by atoms with Crippen molar-refractivity contribution in [2.24, 2.45) is 0 Å². The maximum atomic E-state index is 12.7. The Morgan fingerprint density at radius 2 is 1.85 bits per heavy atom. The molecule has 2 aliphatic rings. The molecule has 2 aromatic heterocycles. The molecule has 2 unspecified atom stereocenters. The molecule has 0 spiro atoms. The van der Waals surface area contributed by atoms with Gasteiger partial charge < -0.3 is 20.1 Å². The molecule has 2 fully saturated rings. The fourth-order valence-electron chi connectivity index (χ4n) is 5.19. The van der Waals surface area contributed by atoms with Crippen LogP contribution in [0, 0.1) is 0 Å². The van der Waals surface area contributed by atoms with Crippen LogP contribution in [0.1, 0.15) is 67.9 Å². The molecule has 5 rings (SSSR count). The van der Waals surface area contributed by atoms with Crippen molar-refractivity contribution in [1.29, 1.82) is 0 Å². The standard InChI is InChI=1S/C27H31N5OS/c33-24(29-21-9-3-1-4-10-21)15-18-32-26(25(30-27(32)34)23-13-7-8-16-28-23)20-14-17-31(19-20)22-11-5-2-6-12-22/h1,3-4,7-10,13-14,16-17,19,22,25-26H,2,5-6,11-12,15,18H2,(H,29,33)(H,30,34). The summed E-state index contributed by atoms with van der Waals surface area (Å²) >= 11 is 5.76. The molecule has 34 heavy (non-hydrogen) atoms. The van der Waals surface area contributed by atoms with E-state index in [1.807, 2.05) is 54.7 Å². The van der Waals surface area contributed by atoms with E-state index in [-0.39, 0.29) is 18.0 Å². The van der Waals surface area contributed by atoms with E-state index in [9.17, 15) is 4.79 Å². The van der Waals surface area contributed by atoms with E-state index in [1.165, 1.54) is 37.7 Å². The molecular formula is C27H31N5OS. The summed E-state index contributed by atoms with van der Waals surface area (Å²) in [6, 6.07) is 18.2. The van der Waals surface area contributed by atoms with Crippen LogP contribution < -0.4 is 10.6 Å². The van der Waals surface area contributed by atoms with E-state index < -0.39 is 0 Å². The van der Waals surface area contributed by atoms with Crippen LogP contribution in [-0.2, 0) is 4.79 Å². The lowest BCUT2D eigenvalue weighted by molar-refractivity contribution is -0.116. The Bertz CT molecular complexity index is 1110. The average Bonchev–Trinajstić information content (AvgIpc) is 3.49. The van der Waals surface area contributed by atoms with Gasteiger partial charge in [-0.2, -0.15) is 0 Å². The van der Waals surface area contributed by atoms with Gasteiger partial charge in [-0.3, -0.25) is 9.78 Å². The quantitative estimate of drug-likeness (QED) is 0.451. The lowest BCUT2D eigenvalue weighted by atomic mass is 9.95. The number of anilines is 1. The van der Waals surface area contributed by atoms with Crippen molar-refractivity contribution < 1.29 is 4.79 Å². The number of nitrogens with zero attached hydrogens (tertiary/aromatic N) is 3. The summed E-state index contributed by atoms with van der Waals surface area (Å²) in [6.07, 6.45) is 13.1. The summed E-state index contributed by atoms with van der Waals surface area (Å²) in [4.78, 5) is 19.4. The largest absolute Gasteiger partial charge is 0.352 e. The summed E-state index contributed by atoms with van der Waals surface area (Å²) < 4.78 is 2.38. The van der Waals surface area contributed by atoms with Crippen molar-refractivity contribution in [3.05, 3.63) is 84.4 Å². The zero-order chi connectivity index (χ0) is 23.3. The topological polar surface area (TPSA) is 62.2 Å². The number of carbonyl (C=O) groups excluding carboxylic acids is 1. The van der Waals surface area contributed by atoms with E-state index in [1.54, 1.807) is 0 Å². The maximum absolute atomic E-state index is 12.7. The van der Waals surface area contributed by atoms with Crippen LogP contribution in [-0.4, -0.2) is 32.0 Å². The lowest BCUT2D eigenvalue weighted by Gasteiger charge is -2.27. The molecule has 2 atom stereocenters. The first kappa shape index (κ1) is 22.6. The Morgan fingerprint density at radius 1 is 1.06 bits per heavy atom. The first-order valence-electron chi connectivity index (χ1n) is 12.2. The van der Waals surface area contributed by atoms with Gasteiger partial charge >= 0.3 is 0 Å². The van der Waals surface area contributed by atoms with Crippen LogP contribution in [0.25, 0.3) is 0 Å². The maximum Gasteiger partial charge on any atom is 0.226 e. The van der Waals surface area contributed by atoms with Crippen LogP contribution in [0.15, 0.2) is 73.2 Å². The van der Waals surface area contributed by atoms with Gasteiger partial charge in [0, 0.05) is 43.3 Å². The van der Waals surface area contributed by atoms with Gasteiger partial charge in [-0.1, -0.05) is 43.5 Å². The number of aromatic nitrogens is 2. The van der Waals surface area contributed by atoms with E-state index in [2.05, 4.69) is 43.5 Å². The minimum Gasteiger partial charge on any atom is -0.352 e. The number of thiocarbonyl (C=S) groups is 1. The summed E-state index contributed by atoms with van der Waals surface area (Å²) in [6.45, 7) is 0.535. The zero-order valence-electron chi connectivity index (χ0n) is 19.3. The highest BCUT2D eigenvalue weighted by atomic mass is 32.1. The Morgan fingerprint density at radius 3 is 2.62 bits per heavy atom. The van der Waals surface area contributed by atoms with Gasteiger partial charge in [0.15, 0.2) is 5.11 Å². The molecule has 6 nitrogen and oxygen atoms in total. The van der Waals surface area contributed by atoms with Crippen molar-refractivity contribution in [1.82, 2.24) is 19.8 Å². The van der Waals surface area contributed by atoms with Crippen LogP contribution >= 0.6 is 12.2 Å². The molecule has 1 aromatic carbocycles. The molecule has 3 aromatic rings. The second kappa shape index (κ2) is 10.4. The van der Waals surface area contributed by atoms with E-state index >= 15 is 0 Å². The molecule has 1 amide bonds. The number of nitrogens with one attached hydrogen (secondary N) is 2. The van der Waals surface area contributed by atoms with Gasteiger partial charge in [0.05, 0.1) is 17.8 Å². The number of hydrogen-bond donors (Lipinski definition) is 2. The minimum atomic E-state index is -0.0620. The van der Waals surface area contributed by atoms with Gasteiger partial charge in [0.2, 0.25) is 5.91 Å². The van der Waals surface area contributed by atoms with Gasteiger partial charge in [0.25, 0.3) is 0 Å². The molecule has 1 saturated heterocycles. The summed E-state index contributed by atoms with van der Waals surface area (Å²) in [5.74, 6) is -0.0196. The summed E-state index contributed by atoms with van der Waals surface area (Å²) in [5.41, 5.74) is 2.97. The van der Waals surface area contributed by atoms with Crippen molar-refractivity contribution in [2.45, 2.75) is 56.7 Å². The van der Waals surface area contributed by atoms with Crippen molar-refractivity contribution >= 4 is 28.9 Å². The molecule has 0 bridgehead atoms. The van der Waals surface area contributed by atoms with Crippen LogP contribution in [0.2, 0.25) is 0 Å². The molecule has 176 valence electrons. The Labute approximate surface area is 206 Å². The number of rotatable bonds is 7. The highest BCUT2D eigenvalue weighted by Crippen LogP contribution is 2.39. The zero-order valence-corrected chi connectivity index (χ0v) is 20.1. The Balaban J connectivity index is 1.36. The van der Waals surface area contributed by atoms with Crippen LogP contribution in [0.4, 0.5) is 5.69 Å². The third kappa shape index (κ3) is 4.99. The van der Waals surface area contributed by atoms with Crippen LogP contribution in [0.3, 0.4) is 0 Å². The molecule has 3 heterocycles. The monoisotopic (exact) mass is 473 g/mol. The number of carbonyl (C=O) groups is 1. The first-order chi connectivity index (χ1) is 16.7. The van der Waals surface area contributed by atoms with Gasteiger partial charge in [-0.25, -0.2) is 0 Å². The second-order valence-electron chi connectivity index (χ2n) is 9.17. The molecule has 0 radical (unpaired) electrons. The Hall–Kier alpha value is -3.19. The number of pyridine rings is 1. The van der Waals surface area contributed by atoms with Gasteiger partial charge in [-0.05, 0) is 61.0 Å². The fourth-order valence-corrected chi connectivity index (χ4v) is 5.52. The molecule has 2 N–H and O–H groups in total. The van der Waals surface area contributed by atoms with Gasteiger partial charge in [-0.15, -0.1) is 0 Å². The molecule has 7 heteroatoms. The van der Waals surface area contributed by atoms with Crippen molar-refractivity contribution in [3.63, 3.8) is 0 Å². The number of benzene rings is 1. The molecule has 1 aliphatic carbocycles. The summed E-state index contributed by atoms with van der Waals surface area (Å²) in [5, 5.41) is 7.13. The van der Waals surface area contributed by atoms with Crippen molar-refractivity contribution in [2.75, 3.05) is 11.9 Å². The number of para-hydroxylation sites is 1. The summed E-state index contributed by atoms with van der Waals surface area (Å²) in [7, 11) is 0. The molecule has 1 saturated carbocycles. The smallest absolute Gasteiger partial charge is 0.226 e. The van der Waals surface area contributed by atoms with E-state index in [0.717, 1.165) is 11.4 Å². The van der Waals surface area contributed by atoms with E-state index in [4.69, 9.17) is 12.2 Å². The predicted molar refractivity (Wildman–Crippen MR) is 138 cm³/mol.